The van der Waals surface area contributed by atoms with Gasteiger partial charge in [0.2, 0.25) is 5.95 Å². The Morgan fingerprint density at radius 3 is 3.13 bits per heavy atom. The molecule has 0 aromatic carbocycles. The van der Waals surface area contributed by atoms with Crippen LogP contribution in [0.4, 0.5) is 11.8 Å². The van der Waals surface area contributed by atoms with Gasteiger partial charge in [-0.25, -0.2) is 4.98 Å². The Labute approximate surface area is 90.5 Å². The SMILES string of the molecule is CCCC1CC1Nc1ccnc(NC)n1. The zero-order valence-corrected chi connectivity index (χ0v) is 9.33. The summed E-state index contributed by atoms with van der Waals surface area (Å²) < 4.78 is 0. The van der Waals surface area contributed by atoms with E-state index in [9.17, 15) is 0 Å². The number of nitrogens with one attached hydrogen (secondary N) is 2. The van der Waals surface area contributed by atoms with Crippen molar-refractivity contribution in [2.24, 2.45) is 5.92 Å². The van der Waals surface area contributed by atoms with Gasteiger partial charge in [0.25, 0.3) is 0 Å². The first-order valence-corrected chi connectivity index (χ1v) is 5.60. The van der Waals surface area contributed by atoms with Crippen LogP contribution in [0.5, 0.6) is 0 Å². The first kappa shape index (κ1) is 10.2. The van der Waals surface area contributed by atoms with Crippen LogP contribution in [-0.4, -0.2) is 23.1 Å². The predicted octanol–water partition coefficient (Wildman–Crippen LogP) is 2.12. The summed E-state index contributed by atoms with van der Waals surface area (Å²) in [6, 6.07) is 2.55. The summed E-state index contributed by atoms with van der Waals surface area (Å²) >= 11 is 0. The maximum absolute atomic E-state index is 4.33. The monoisotopic (exact) mass is 206 g/mol. The Morgan fingerprint density at radius 1 is 1.53 bits per heavy atom. The highest BCUT2D eigenvalue weighted by Gasteiger charge is 2.36. The second kappa shape index (κ2) is 4.47. The molecule has 1 fully saturated rings. The largest absolute Gasteiger partial charge is 0.367 e. The summed E-state index contributed by atoms with van der Waals surface area (Å²) in [7, 11) is 1.83. The lowest BCUT2D eigenvalue weighted by Crippen LogP contribution is -2.07. The third kappa shape index (κ3) is 2.58. The smallest absolute Gasteiger partial charge is 0.224 e. The molecule has 1 aromatic heterocycles. The van der Waals surface area contributed by atoms with Crippen molar-refractivity contribution >= 4 is 11.8 Å². The van der Waals surface area contributed by atoms with Crippen molar-refractivity contribution in [1.82, 2.24) is 9.97 Å². The summed E-state index contributed by atoms with van der Waals surface area (Å²) in [5, 5.41) is 6.37. The Hall–Kier alpha value is -1.32. The number of nitrogens with zero attached hydrogens (tertiary/aromatic N) is 2. The lowest BCUT2D eigenvalue weighted by molar-refractivity contribution is 0.692. The number of rotatable bonds is 5. The van der Waals surface area contributed by atoms with Gasteiger partial charge in [-0.3, -0.25) is 0 Å². The molecule has 15 heavy (non-hydrogen) atoms. The lowest BCUT2D eigenvalue weighted by atomic mass is 10.2. The second-order valence-electron chi connectivity index (χ2n) is 4.05. The van der Waals surface area contributed by atoms with Crippen LogP contribution < -0.4 is 10.6 Å². The zero-order chi connectivity index (χ0) is 10.7. The van der Waals surface area contributed by atoms with Crippen LogP contribution in [0.25, 0.3) is 0 Å². The van der Waals surface area contributed by atoms with E-state index in [1.54, 1.807) is 6.20 Å². The molecule has 0 bridgehead atoms. The standard InChI is InChI=1S/C11H18N4/c1-3-4-8-7-9(8)14-10-5-6-13-11(12-2)15-10/h5-6,8-9H,3-4,7H2,1-2H3,(H2,12,13,14,15). The molecule has 2 rings (SSSR count). The van der Waals surface area contributed by atoms with E-state index in [-0.39, 0.29) is 0 Å². The zero-order valence-electron chi connectivity index (χ0n) is 9.33. The van der Waals surface area contributed by atoms with Crippen LogP contribution in [0.3, 0.4) is 0 Å². The quantitative estimate of drug-likeness (QED) is 0.774. The first-order valence-electron chi connectivity index (χ1n) is 5.60. The third-order valence-corrected chi connectivity index (χ3v) is 2.79. The fourth-order valence-electron chi connectivity index (χ4n) is 1.86. The molecule has 1 saturated carbocycles. The van der Waals surface area contributed by atoms with Crippen molar-refractivity contribution in [1.29, 1.82) is 0 Å². The molecule has 4 nitrogen and oxygen atoms in total. The van der Waals surface area contributed by atoms with E-state index in [1.165, 1.54) is 19.3 Å². The average Bonchev–Trinajstić information content (AvgIpc) is 2.97. The van der Waals surface area contributed by atoms with Crippen LogP contribution in [-0.2, 0) is 0 Å². The van der Waals surface area contributed by atoms with E-state index < -0.39 is 0 Å². The summed E-state index contributed by atoms with van der Waals surface area (Å²) in [5.41, 5.74) is 0. The minimum absolute atomic E-state index is 0.629. The third-order valence-electron chi connectivity index (χ3n) is 2.79. The molecule has 0 spiro atoms. The molecule has 1 aliphatic rings. The van der Waals surface area contributed by atoms with Gasteiger partial charge in [0.05, 0.1) is 0 Å². The molecule has 1 aliphatic carbocycles. The summed E-state index contributed by atoms with van der Waals surface area (Å²) in [6.07, 6.45) is 5.65. The maximum atomic E-state index is 4.33. The molecule has 1 heterocycles. The Bertz CT molecular complexity index is 326. The highest BCUT2D eigenvalue weighted by Crippen LogP contribution is 2.36. The molecule has 0 aliphatic heterocycles. The van der Waals surface area contributed by atoms with Crippen molar-refractivity contribution < 1.29 is 0 Å². The van der Waals surface area contributed by atoms with E-state index in [1.807, 2.05) is 13.1 Å². The van der Waals surface area contributed by atoms with Crippen LogP contribution in [0.2, 0.25) is 0 Å². The molecule has 0 amide bonds. The summed E-state index contributed by atoms with van der Waals surface area (Å²) in [6.45, 7) is 2.24. The Morgan fingerprint density at radius 2 is 2.40 bits per heavy atom. The van der Waals surface area contributed by atoms with Crippen molar-refractivity contribution in [2.45, 2.75) is 32.2 Å². The number of hydrogen-bond acceptors (Lipinski definition) is 4. The molecule has 2 N–H and O–H groups in total. The van der Waals surface area contributed by atoms with Gasteiger partial charge >= 0.3 is 0 Å². The van der Waals surface area contributed by atoms with E-state index >= 15 is 0 Å². The molecule has 2 atom stereocenters. The molecule has 0 saturated heterocycles. The number of aromatic nitrogens is 2. The second-order valence-corrected chi connectivity index (χ2v) is 4.05. The van der Waals surface area contributed by atoms with E-state index in [2.05, 4.69) is 27.5 Å². The van der Waals surface area contributed by atoms with Crippen molar-refractivity contribution in [2.75, 3.05) is 17.7 Å². The molecular formula is C11H18N4. The van der Waals surface area contributed by atoms with E-state index in [0.717, 1.165) is 11.7 Å². The van der Waals surface area contributed by atoms with Crippen LogP contribution in [0.1, 0.15) is 26.2 Å². The first-order chi connectivity index (χ1) is 7.33. The molecule has 1 aromatic rings. The molecule has 2 unspecified atom stereocenters. The highest BCUT2D eigenvalue weighted by molar-refractivity contribution is 5.41. The molecular weight excluding hydrogens is 188 g/mol. The van der Waals surface area contributed by atoms with Gasteiger partial charge in [0.15, 0.2) is 0 Å². The van der Waals surface area contributed by atoms with Gasteiger partial charge in [-0.1, -0.05) is 13.3 Å². The topological polar surface area (TPSA) is 49.8 Å². The highest BCUT2D eigenvalue weighted by atomic mass is 15.1. The molecule has 4 heteroatoms. The van der Waals surface area contributed by atoms with Crippen LogP contribution in [0, 0.1) is 5.92 Å². The van der Waals surface area contributed by atoms with Crippen molar-refractivity contribution in [3.63, 3.8) is 0 Å². The Balaban J connectivity index is 1.89. The summed E-state index contributed by atoms with van der Waals surface area (Å²) in [4.78, 5) is 8.41. The lowest BCUT2D eigenvalue weighted by Gasteiger charge is -2.05. The minimum atomic E-state index is 0.629. The Kier molecular flexibility index (Phi) is 3.04. The normalized spacial score (nSPS) is 23.6. The fraction of sp³-hybridized carbons (Fsp3) is 0.636. The van der Waals surface area contributed by atoms with Crippen molar-refractivity contribution in [3.05, 3.63) is 12.3 Å². The van der Waals surface area contributed by atoms with Gasteiger partial charge in [0.1, 0.15) is 5.82 Å². The van der Waals surface area contributed by atoms with Gasteiger partial charge < -0.3 is 10.6 Å². The van der Waals surface area contributed by atoms with Crippen LogP contribution in [0.15, 0.2) is 12.3 Å². The van der Waals surface area contributed by atoms with Gasteiger partial charge in [-0.15, -0.1) is 0 Å². The number of hydrogen-bond donors (Lipinski definition) is 2. The maximum Gasteiger partial charge on any atom is 0.224 e. The summed E-state index contributed by atoms with van der Waals surface area (Å²) in [5.74, 6) is 2.45. The minimum Gasteiger partial charge on any atom is -0.367 e. The van der Waals surface area contributed by atoms with Gasteiger partial charge in [-0.05, 0) is 24.8 Å². The van der Waals surface area contributed by atoms with Crippen molar-refractivity contribution in [3.8, 4) is 0 Å². The van der Waals surface area contributed by atoms with Gasteiger partial charge in [0, 0.05) is 19.3 Å². The average molecular weight is 206 g/mol. The molecule has 0 radical (unpaired) electrons. The number of anilines is 2. The van der Waals surface area contributed by atoms with E-state index in [4.69, 9.17) is 0 Å². The predicted molar refractivity (Wildman–Crippen MR) is 62.0 cm³/mol. The molecule has 82 valence electrons. The van der Waals surface area contributed by atoms with E-state index in [0.29, 0.717) is 12.0 Å². The van der Waals surface area contributed by atoms with Gasteiger partial charge in [-0.2, -0.15) is 4.98 Å². The fourth-order valence-corrected chi connectivity index (χ4v) is 1.86. The van der Waals surface area contributed by atoms with Crippen LogP contribution >= 0.6 is 0 Å².